The molecule has 0 spiro atoms. The van der Waals surface area contributed by atoms with Crippen molar-refractivity contribution in [2.75, 3.05) is 11.4 Å². The molecule has 0 aliphatic carbocycles. The first-order chi connectivity index (χ1) is 9.25. The summed E-state index contributed by atoms with van der Waals surface area (Å²) >= 11 is 1.74. The van der Waals surface area contributed by atoms with E-state index in [-0.39, 0.29) is 11.8 Å². The van der Waals surface area contributed by atoms with Crippen LogP contribution in [-0.2, 0) is 11.2 Å². The number of anilines is 1. The van der Waals surface area contributed by atoms with Gasteiger partial charge in [0.05, 0.1) is 6.04 Å². The van der Waals surface area contributed by atoms with Gasteiger partial charge in [-0.2, -0.15) is 0 Å². The predicted molar refractivity (Wildman–Crippen MR) is 79.9 cm³/mol. The molecule has 98 valence electrons. The Balaban J connectivity index is 1.95. The fourth-order valence-electron chi connectivity index (χ4n) is 2.81. The lowest BCUT2D eigenvalue weighted by Crippen LogP contribution is -2.27. The van der Waals surface area contributed by atoms with Gasteiger partial charge in [-0.25, -0.2) is 0 Å². The summed E-state index contributed by atoms with van der Waals surface area (Å²) in [6, 6.07) is 12.9. The van der Waals surface area contributed by atoms with Gasteiger partial charge in [0.2, 0.25) is 0 Å². The second-order valence-corrected chi connectivity index (χ2v) is 5.99. The van der Waals surface area contributed by atoms with Crippen molar-refractivity contribution in [3.05, 3.63) is 52.2 Å². The molecule has 19 heavy (non-hydrogen) atoms. The molecular weight excluding hydrogens is 254 g/mol. The lowest BCUT2D eigenvalue weighted by molar-refractivity contribution is -0.117. The van der Waals surface area contributed by atoms with Gasteiger partial charge in [0.1, 0.15) is 5.78 Å². The highest BCUT2D eigenvalue weighted by Gasteiger charge is 2.28. The van der Waals surface area contributed by atoms with Crippen LogP contribution >= 0.6 is 11.3 Å². The van der Waals surface area contributed by atoms with E-state index >= 15 is 0 Å². The smallest absolute Gasteiger partial charge is 0.132 e. The number of carbonyl (C=O) groups excluding carboxylic acids is 1. The molecule has 1 aromatic carbocycles. The van der Waals surface area contributed by atoms with Crippen molar-refractivity contribution >= 4 is 22.8 Å². The zero-order chi connectivity index (χ0) is 13.2. The second kappa shape index (κ2) is 5.17. The minimum atomic E-state index is 0.196. The van der Waals surface area contributed by atoms with E-state index in [9.17, 15) is 4.79 Å². The minimum absolute atomic E-state index is 0.196. The lowest BCUT2D eigenvalue weighted by atomic mass is 10.1. The molecule has 1 aliphatic heterocycles. The Labute approximate surface area is 117 Å². The number of hydrogen-bond acceptors (Lipinski definition) is 3. The van der Waals surface area contributed by atoms with Gasteiger partial charge in [0.15, 0.2) is 0 Å². The number of Topliss-reactive ketones (excluding diaryl/α,β-unsaturated/α-hetero) is 1. The average Bonchev–Trinajstić information content (AvgIpc) is 3.05. The molecule has 1 aliphatic rings. The lowest BCUT2D eigenvalue weighted by Gasteiger charge is -2.29. The van der Waals surface area contributed by atoms with Crippen LogP contribution in [-0.4, -0.2) is 12.3 Å². The molecule has 3 heteroatoms. The summed E-state index contributed by atoms with van der Waals surface area (Å²) in [4.78, 5) is 15.3. The first-order valence-corrected chi connectivity index (χ1v) is 7.51. The number of benzene rings is 1. The Kier molecular flexibility index (Phi) is 3.38. The third-order valence-electron chi connectivity index (χ3n) is 3.65. The Bertz CT molecular complexity index is 576. The van der Waals surface area contributed by atoms with Crippen molar-refractivity contribution in [2.45, 2.75) is 25.8 Å². The molecule has 0 N–H and O–H groups in total. The first kappa shape index (κ1) is 12.4. The van der Waals surface area contributed by atoms with Gasteiger partial charge in [0, 0.05) is 23.5 Å². The summed E-state index contributed by atoms with van der Waals surface area (Å²) in [5.41, 5.74) is 2.69. The molecule has 1 unspecified atom stereocenters. The molecular formula is C16H17NOS. The quantitative estimate of drug-likeness (QED) is 0.842. The van der Waals surface area contributed by atoms with Crippen molar-refractivity contribution in [3.63, 3.8) is 0 Å². The molecule has 0 saturated heterocycles. The normalized spacial score (nSPS) is 15.3. The number of hydrogen-bond donors (Lipinski definition) is 0. The predicted octanol–water partition coefficient (Wildman–Crippen LogP) is 3.83. The maximum atomic E-state index is 11.6. The number of fused-ring (bicyclic) bond motifs is 1. The number of para-hydroxylation sites is 1. The van der Waals surface area contributed by atoms with E-state index in [1.54, 1.807) is 18.3 Å². The van der Waals surface area contributed by atoms with Crippen LogP contribution in [0.15, 0.2) is 41.8 Å². The van der Waals surface area contributed by atoms with Crippen LogP contribution in [0.1, 0.15) is 29.8 Å². The van der Waals surface area contributed by atoms with Crippen LogP contribution in [0.4, 0.5) is 5.69 Å². The zero-order valence-corrected chi connectivity index (χ0v) is 11.8. The number of ketones is 1. The Morgan fingerprint density at radius 1 is 1.32 bits per heavy atom. The second-order valence-electron chi connectivity index (χ2n) is 5.01. The van der Waals surface area contributed by atoms with Crippen molar-refractivity contribution in [1.29, 1.82) is 0 Å². The maximum Gasteiger partial charge on any atom is 0.132 e. The van der Waals surface area contributed by atoms with Crippen LogP contribution < -0.4 is 4.90 Å². The van der Waals surface area contributed by atoms with Crippen molar-refractivity contribution < 1.29 is 4.79 Å². The summed E-state index contributed by atoms with van der Waals surface area (Å²) in [7, 11) is 0. The zero-order valence-electron chi connectivity index (χ0n) is 11.0. The van der Waals surface area contributed by atoms with E-state index in [4.69, 9.17) is 0 Å². The largest absolute Gasteiger partial charge is 0.363 e. The summed E-state index contributed by atoms with van der Waals surface area (Å²) in [5.74, 6) is 0.253. The highest BCUT2D eigenvalue weighted by atomic mass is 32.1. The van der Waals surface area contributed by atoms with E-state index in [1.807, 2.05) is 0 Å². The molecule has 0 amide bonds. The maximum absolute atomic E-state index is 11.6. The number of carbonyl (C=O) groups is 1. The van der Waals surface area contributed by atoms with E-state index in [1.165, 1.54) is 16.1 Å². The minimum Gasteiger partial charge on any atom is -0.363 e. The van der Waals surface area contributed by atoms with Gasteiger partial charge in [-0.1, -0.05) is 24.3 Å². The molecule has 0 fully saturated rings. The Hall–Kier alpha value is -1.61. The van der Waals surface area contributed by atoms with Gasteiger partial charge in [-0.3, -0.25) is 4.79 Å². The SMILES string of the molecule is CC(=O)CC(c1cccs1)N1CCc2ccccc21. The van der Waals surface area contributed by atoms with Gasteiger partial charge in [-0.05, 0) is 36.4 Å². The average molecular weight is 271 g/mol. The van der Waals surface area contributed by atoms with Crippen LogP contribution in [0.5, 0.6) is 0 Å². The molecule has 3 rings (SSSR count). The highest BCUT2D eigenvalue weighted by Crippen LogP contribution is 2.38. The van der Waals surface area contributed by atoms with Crippen molar-refractivity contribution in [1.82, 2.24) is 0 Å². The van der Waals surface area contributed by atoms with E-state index in [0.29, 0.717) is 6.42 Å². The molecule has 0 bridgehead atoms. The van der Waals surface area contributed by atoms with Crippen LogP contribution in [0.25, 0.3) is 0 Å². The molecule has 0 radical (unpaired) electrons. The number of thiophene rings is 1. The monoisotopic (exact) mass is 271 g/mol. The van der Waals surface area contributed by atoms with Crippen molar-refractivity contribution in [2.24, 2.45) is 0 Å². The molecule has 2 nitrogen and oxygen atoms in total. The molecule has 2 aromatic rings. The third-order valence-corrected chi connectivity index (χ3v) is 4.63. The van der Waals surface area contributed by atoms with E-state index in [0.717, 1.165) is 13.0 Å². The fraction of sp³-hybridized carbons (Fsp3) is 0.312. The van der Waals surface area contributed by atoms with Gasteiger partial charge < -0.3 is 4.90 Å². The van der Waals surface area contributed by atoms with Crippen molar-refractivity contribution in [3.8, 4) is 0 Å². The molecule has 2 heterocycles. The van der Waals surface area contributed by atoms with Gasteiger partial charge >= 0.3 is 0 Å². The molecule has 1 atom stereocenters. The van der Waals surface area contributed by atoms with Crippen LogP contribution in [0, 0.1) is 0 Å². The van der Waals surface area contributed by atoms with Gasteiger partial charge in [0.25, 0.3) is 0 Å². The van der Waals surface area contributed by atoms with Gasteiger partial charge in [-0.15, -0.1) is 11.3 Å². The first-order valence-electron chi connectivity index (χ1n) is 6.63. The van der Waals surface area contributed by atoms with Crippen LogP contribution in [0.3, 0.4) is 0 Å². The topological polar surface area (TPSA) is 20.3 Å². The summed E-state index contributed by atoms with van der Waals surface area (Å²) < 4.78 is 0. The van der Waals surface area contributed by atoms with Crippen LogP contribution in [0.2, 0.25) is 0 Å². The fourth-order valence-corrected chi connectivity index (χ4v) is 3.64. The standard InChI is InChI=1S/C16H17NOS/c1-12(18)11-15(16-7-4-10-19-16)17-9-8-13-5-2-3-6-14(13)17/h2-7,10,15H,8-9,11H2,1H3. The molecule has 1 aromatic heterocycles. The summed E-state index contributed by atoms with van der Waals surface area (Å²) in [6.07, 6.45) is 1.67. The number of rotatable bonds is 4. The Morgan fingerprint density at radius 2 is 2.16 bits per heavy atom. The van der Waals surface area contributed by atoms with E-state index in [2.05, 4.69) is 46.7 Å². The highest BCUT2D eigenvalue weighted by molar-refractivity contribution is 7.10. The summed E-state index contributed by atoms with van der Waals surface area (Å²) in [6.45, 7) is 2.69. The molecule has 0 saturated carbocycles. The Morgan fingerprint density at radius 3 is 2.89 bits per heavy atom. The third kappa shape index (κ3) is 2.43. The van der Waals surface area contributed by atoms with E-state index < -0.39 is 0 Å². The number of nitrogens with zero attached hydrogens (tertiary/aromatic N) is 1. The summed E-state index contributed by atoms with van der Waals surface area (Å²) in [5, 5.41) is 2.09.